The third kappa shape index (κ3) is 4.28. The molecule has 0 unspecified atom stereocenters. The number of amides is 2. The maximum Gasteiger partial charge on any atom is 0.339 e. The number of ether oxygens (including phenoxy) is 1. The molecule has 1 aliphatic rings. The number of thiocarbonyl (C=S) groups is 1. The van der Waals surface area contributed by atoms with Gasteiger partial charge in [0.25, 0.3) is 11.8 Å². The number of para-hydroxylation sites is 1. The largest absolute Gasteiger partial charge is 0.465 e. The molecule has 2 heterocycles. The predicted molar refractivity (Wildman–Crippen MR) is 139 cm³/mol. The third-order valence-electron chi connectivity index (χ3n) is 6.02. The lowest BCUT2D eigenvalue weighted by molar-refractivity contribution is -0.122. The number of hydrogen-bond acceptors (Lipinski definition) is 5. The monoisotopic (exact) mass is 487 g/mol. The molecule has 0 bridgehead atoms. The van der Waals surface area contributed by atoms with E-state index in [1.165, 1.54) is 12.0 Å². The Morgan fingerprint density at radius 2 is 1.71 bits per heavy atom. The van der Waals surface area contributed by atoms with E-state index in [4.69, 9.17) is 17.0 Å². The highest BCUT2D eigenvalue weighted by Gasteiger charge is 2.35. The van der Waals surface area contributed by atoms with Gasteiger partial charge in [-0.25, -0.2) is 4.79 Å². The van der Waals surface area contributed by atoms with Gasteiger partial charge in [0.1, 0.15) is 5.57 Å². The van der Waals surface area contributed by atoms with Gasteiger partial charge in [0.05, 0.1) is 24.0 Å². The van der Waals surface area contributed by atoms with Crippen molar-refractivity contribution in [2.24, 2.45) is 0 Å². The number of nitrogens with zero attached hydrogens (tertiary/aromatic N) is 2. The molecule has 4 rings (SSSR count). The summed E-state index contributed by atoms with van der Waals surface area (Å²) in [5.74, 6) is -1.50. The second kappa shape index (κ2) is 9.31. The molecule has 0 radical (unpaired) electrons. The molecule has 7 nitrogen and oxygen atoms in total. The topological polar surface area (TPSA) is 80.6 Å². The van der Waals surface area contributed by atoms with Gasteiger partial charge in [-0.05, 0) is 81.4 Å². The summed E-state index contributed by atoms with van der Waals surface area (Å²) < 4.78 is 6.84. The number of methoxy groups -OCH3 is 1. The number of nitrogens with one attached hydrogen (secondary N) is 1. The lowest BCUT2D eigenvalue weighted by Crippen LogP contribution is -2.54. The van der Waals surface area contributed by atoms with Crippen LogP contribution in [0.15, 0.2) is 54.1 Å². The SMILES string of the molecule is COC(=O)c1ccccc1-n1c(C)cc(/C=C2/C(=O)NC(=S)N(c3ccc(C)cc3C)C2=O)c1C. The normalized spacial score (nSPS) is 14.9. The van der Waals surface area contributed by atoms with Crippen LogP contribution < -0.4 is 10.2 Å². The van der Waals surface area contributed by atoms with Crippen LogP contribution in [0.4, 0.5) is 5.69 Å². The van der Waals surface area contributed by atoms with E-state index in [0.717, 1.165) is 22.5 Å². The van der Waals surface area contributed by atoms with Gasteiger partial charge < -0.3 is 9.30 Å². The van der Waals surface area contributed by atoms with Crippen LogP contribution in [0.25, 0.3) is 11.8 Å². The first-order valence-corrected chi connectivity index (χ1v) is 11.4. The van der Waals surface area contributed by atoms with Crippen molar-refractivity contribution in [3.05, 3.63) is 87.7 Å². The van der Waals surface area contributed by atoms with Crippen molar-refractivity contribution in [1.29, 1.82) is 0 Å². The lowest BCUT2D eigenvalue weighted by Gasteiger charge is -2.30. The molecule has 178 valence electrons. The second-order valence-corrected chi connectivity index (χ2v) is 8.81. The van der Waals surface area contributed by atoms with Gasteiger partial charge >= 0.3 is 5.97 Å². The Bertz CT molecular complexity index is 1430. The Hall–Kier alpha value is -4.04. The van der Waals surface area contributed by atoms with Crippen molar-refractivity contribution in [2.75, 3.05) is 12.0 Å². The highest BCUT2D eigenvalue weighted by molar-refractivity contribution is 7.80. The number of aryl methyl sites for hydroxylation is 3. The molecule has 8 heteroatoms. The molecule has 0 spiro atoms. The van der Waals surface area contributed by atoms with Crippen LogP contribution in [0.1, 0.15) is 38.4 Å². The molecule has 2 aromatic carbocycles. The van der Waals surface area contributed by atoms with Gasteiger partial charge in [0.2, 0.25) is 0 Å². The van der Waals surface area contributed by atoms with E-state index in [0.29, 0.717) is 22.5 Å². The summed E-state index contributed by atoms with van der Waals surface area (Å²) in [5.41, 5.74) is 5.85. The fourth-order valence-corrected chi connectivity index (χ4v) is 4.62. The summed E-state index contributed by atoms with van der Waals surface area (Å²) >= 11 is 5.34. The first-order valence-electron chi connectivity index (χ1n) is 11.0. The molecule has 3 aromatic rings. The molecular weight excluding hydrogens is 462 g/mol. The van der Waals surface area contributed by atoms with Gasteiger partial charge in [-0.2, -0.15) is 0 Å². The average molecular weight is 488 g/mol. The van der Waals surface area contributed by atoms with Crippen molar-refractivity contribution < 1.29 is 19.1 Å². The summed E-state index contributed by atoms with van der Waals surface area (Å²) in [6.45, 7) is 7.62. The van der Waals surface area contributed by atoms with E-state index >= 15 is 0 Å². The van der Waals surface area contributed by atoms with Gasteiger partial charge in [-0.3, -0.25) is 19.8 Å². The summed E-state index contributed by atoms with van der Waals surface area (Å²) in [6.07, 6.45) is 1.57. The molecule has 0 saturated carbocycles. The molecule has 1 fully saturated rings. The van der Waals surface area contributed by atoms with E-state index in [1.54, 1.807) is 18.2 Å². The predicted octanol–water partition coefficient (Wildman–Crippen LogP) is 4.33. The zero-order chi connectivity index (χ0) is 25.4. The Balaban J connectivity index is 1.80. The zero-order valence-corrected chi connectivity index (χ0v) is 20.9. The number of anilines is 1. The van der Waals surface area contributed by atoms with Gasteiger partial charge in [-0.1, -0.05) is 29.8 Å². The van der Waals surface area contributed by atoms with Crippen LogP contribution in [0.3, 0.4) is 0 Å². The number of carbonyl (C=O) groups excluding carboxylic acids is 3. The highest BCUT2D eigenvalue weighted by atomic mass is 32.1. The molecule has 2 amide bonds. The van der Waals surface area contributed by atoms with Gasteiger partial charge in [0.15, 0.2) is 5.11 Å². The average Bonchev–Trinajstić information content (AvgIpc) is 3.09. The first-order chi connectivity index (χ1) is 16.6. The van der Waals surface area contributed by atoms with E-state index in [1.807, 2.05) is 68.7 Å². The molecule has 0 aliphatic carbocycles. The molecular formula is C27H25N3O4S. The number of carbonyl (C=O) groups is 3. The second-order valence-electron chi connectivity index (χ2n) is 8.42. The number of benzene rings is 2. The minimum atomic E-state index is -0.555. The van der Waals surface area contributed by atoms with Gasteiger partial charge in [0, 0.05) is 11.4 Å². The quantitative estimate of drug-likeness (QED) is 0.256. The van der Waals surface area contributed by atoms with Crippen LogP contribution >= 0.6 is 12.2 Å². The summed E-state index contributed by atoms with van der Waals surface area (Å²) in [7, 11) is 1.34. The summed E-state index contributed by atoms with van der Waals surface area (Å²) in [6, 6.07) is 14.6. The smallest absolute Gasteiger partial charge is 0.339 e. The van der Waals surface area contributed by atoms with Crippen molar-refractivity contribution in [3.8, 4) is 5.69 Å². The van der Waals surface area contributed by atoms with Crippen LogP contribution in [-0.2, 0) is 14.3 Å². The molecule has 0 atom stereocenters. The number of rotatable bonds is 4. The van der Waals surface area contributed by atoms with E-state index in [-0.39, 0.29) is 10.7 Å². The van der Waals surface area contributed by atoms with Gasteiger partial charge in [-0.15, -0.1) is 0 Å². The van der Waals surface area contributed by atoms with Crippen molar-refractivity contribution in [3.63, 3.8) is 0 Å². The molecule has 1 saturated heterocycles. The number of esters is 1. The van der Waals surface area contributed by atoms with Crippen molar-refractivity contribution >= 4 is 46.9 Å². The van der Waals surface area contributed by atoms with E-state index in [9.17, 15) is 14.4 Å². The fourth-order valence-electron chi connectivity index (χ4n) is 4.34. The summed E-state index contributed by atoms with van der Waals surface area (Å²) in [5, 5.41) is 2.68. The van der Waals surface area contributed by atoms with E-state index < -0.39 is 17.8 Å². The fraction of sp³-hybridized carbons (Fsp3) is 0.185. The summed E-state index contributed by atoms with van der Waals surface area (Å²) in [4.78, 5) is 40.0. The minimum absolute atomic E-state index is 0.0277. The van der Waals surface area contributed by atoms with Crippen LogP contribution in [-0.4, -0.2) is 34.6 Å². The third-order valence-corrected chi connectivity index (χ3v) is 6.30. The van der Waals surface area contributed by atoms with E-state index in [2.05, 4.69) is 5.32 Å². The Labute approximate surface area is 209 Å². The van der Waals surface area contributed by atoms with Crippen molar-refractivity contribution in [2.45, 2.75) is 27.7 Å². The lowest BCUT2D eigenvalue weighted by atomic mass is 10.0. The molecule has 1 N–H and O–H groups in total. The minimum Gasteiger partial charge on any atom is -0.465 e. The molecule has 1 aromatic heterocycles. The Kier molecular flexibility index (Phi) is 6.41. The number of aromatic nitrogens is 1. The number of hydrogen-bond donors (Lipinski definition) is 1. The van der Waals surface area contributed by atoms with Crippen molar-refractivity contribution in [1.82, 2.24) is 9.88 Å². The molecule has 1 aliphatic heterocycles. The maximum atomic E-state index is 13.5. The van der Waals surface area contributed by atoms with Crippen LogP contribution in [0.5, 0.6) is 0 Å². The molecule has 35 heavy (non-hydrogen) atoms. The Morgan fingerprint density at radius 1 is 1.00 bits per heavy atom. The first kappa shape index (κ1) is 24.1. The standard InChI is InChI=1S/C27H25N3O4S/c1-15-10-11-22(16(2)12-15)30-25(32)21(24(31)28-27(30)35)14-19-13-17(3)29(18(19)4)23-9-7-6-8-20(23)26(33)34-5/h6-14H,1-5H3,(H,28,31,35)/b21-14-. The zero-order valence-electron chi connectivity index (χ0n) is 20.1. The van der Waals surface area contributed by atoms with Crippen LogP contribution in [0.2, 0.25) is 0 Å². The van der Waals surface area contributed by atoms with Crippen LogP contribution in [0, 0.1) is 27.7 Å². The highest BCUT2D eigenvalue weighted by Crippen LogP contribution is 2.29. The maximum absolute atomic E-state index is 13.5. The Morgan fingerprint density at radius 3 is 2.40 bits per heavy atom.